The van der Waals surface area contributed by atoms with Gasteiger partial charge in [-0.05, 0) is 48.6 Å². The highest BCUT2D eigenvalue weighted by Crippen LogP contribution is 2.37. The fourth-order valence-corrected chi connectivity index (χ4v) is 4.01. The topological polar surface area (TPSA) is 12.0 Å². The number of halogens is 2. The highest BCUT2D eigenvalue weighted by molar-refractivity contribution is 7.16. The van der Waals surface area contributed by atoms with Crippen LogP contribution in [-0.4, -0.2) is 0 Å². The van der Waals surface area contributed by atoms with E-state index < -0.39 is 0 Å². The van der Waals surface area contributed by atoms with E-state index in [0.29, 0.717) is 12.6 Å². The van der Waals surface area contributed by atoms with Crippen LogP contribution in [0.15, 0.2) is 30.3 Å². The molecular weight excluding hydrogens is 281 g/mol. The van der Waals surface area contributed by atoms with E-state index in [4.69, 9.17) is 11.6 Å². The van der Waals surface area contributed by atoms with E-state index in [-0.39, 0.29) is 5.82 Å². The number of nitrogens with one attached hydrogen (secondary N) is 1. The lowest BCUT2D eigenvalue weighted by Crippen LogP contribution is -2.23. The van der Waals surface area contributed by atoms with Crippen molar-refractivity contribution in [2.45, 2.75) is 31.8 Å². The minimum absolute atomic E-state index is 0.179. The lowest BCUT2D eigenvalue weighted by atomic mass is 9.94. The Balaban J connectivity index is 1.71. The van der Waals surface area contributed by atoms with Gasteiger partial charge in [0, 0.05) is 17.5 Å². The van der Waals surface area contributed by atoms with E-state index in [1.807, 2.05) is 6.07 Å². The average molecular weight is 296 g/mol. The molecule has 1 aromatic carbocycles. The molecule has 0 aliphatic heterocycles. The first-order valence-electron chi connectivity index (χ1n) is 6.48. The van der Waals surface area contributed by atoms with Crippen LogP contribution in [0.5, 0.6) is 0 Å². The summed E-state index contributed by atoms with van der Waals surface area (Å²) in [5, 5.41) is 3.52. The van der Waals surface area contributed by atoms with Gasteiger partial charge in [-0.3, -0.25) is 0 Å². The summed E-state index contributed by atoms with van der Waals surface area (Å²) in [6.07, 6.45) is 3.44. The van der Waals surface area contributed by atoms with Crippen molar-refractivity contribution in [3.05, 3.63) is 56.5 Å². The Kier molecular flexibility index (Phi) is 3.87. The Morgan fingerprint density at radius 1 is 1.37 bits per heavy atom. The van der Waals surface area contributed by atoms with E-state index in [9.17, 15) is 4.39 Å². The molecule has 1 atom stereocenters. The highest BCUT2D eigenvalue weighted by atomic mass is 35.5. The van der Waals surface area contributed by atoms with Crippen molar-refractivity contribution in [3.63, 3.8) is 0 Å². The van der Waals surface area contributed by atoms with Gasteiger partial charge in [0.15, 0.2) is 0 Å². The van der Waals surface area contributed by atoms with Gasteiger partial charge in [-0.15, -0.1) is 11.3 Å². The molecule has 1 nitrogen and oxygen atoms in total. The maximum atomic E-state index is 13.1. The van der Waals surface area contributed by atoms with E-state index in [2.05, 4.69) is 11.4 Å². The first-order valence-corrected chi connectivity index (χ1v) is 7.68. The summed E-state index contributed by atoms with van der Waals surface area (Å²) in [5.41, 5.74) is 2.31. The second-order valence-corrected chi connectivity index (χ2v) is 6.65. The molecule has 1 aliphatic carbocycles. The summed E-state index contributed by atoms with van der Waals surface area (Å²) >= 11 is 7.78. The largest absolute Gasteiger partial charge is 0.306 e. The number of aryl methyl sites for hydroxylation is 1. The zero-order valence-electron chi connectivity index (χ0n) is 10.5. The maximum absolute atomic E-state index is 13.1. The monoisotopic (exact) mass is 295 g/mol. The lowest BCUT2D eigenvalue weighted by Gasteiger charge is -2.23. The van der Waals surface area contributed by atoms with Gasteiger partial charge >= 0.3 is 0 Å². The maximum Gasteiger partial charge on any atom is 0.123 e. The molecule has 0 spiro atoms. The fraction of sp³-hybridized carbons (Fsp3) is 0.333. The molecule has 0 saturated carbocycles. The zero-order chi connectivity index (χ0) is 13.2. The fourth-order valence-electron chi connectivity index (χ4n) is 2.62. The van der Waals surface area contributed by atoms with Gasteiger partial charge in [0.1, 0.15) is 5.82 Å². The molecule has 0 amide bonds. The summed E-state index contributed by atoms with van der Waals surface area (Å²) in [6.45, 7) is 0.690. The summed E-state index contributed by atoms with van der Waals surface area (Å²) < 4.78 is 14.0. The number of rotatable bonds is 3. The zero-order valence-corrected chi connectivity index (χ0v) is 12.0. The summed E-state index contributed by atoms with van der Waals surface area (Å²) in [6, 6.07) is 9.17. The first kappa shape index (κ1) is 13.1. The van der Waals surface area contributed by atoms with Crippen molar-refractivity contribution in [3.8, 4) is 0 Å². The van der Waals surface area contributed by atoms with Gasteiger partial charge in [0.05, 0.1) is 4.34 Å². The van der Waals surface area contributed by atoms with Gasteiger partial charge in [0.25, 0.3) is 0 Å². The second-order valence-electron chi connectivity index (χ2n) is 4.88. The van der Waals surface area contributed by atoms with Gasteiger partial charge in [-0.25, -0.2) is 4.39 Å². The third-order valence-electron chi connectivity index (χ3n) is 3.53. The van der Waals surface area contributed by atoms with Crippen LogP contribution in [0.4, 0.5) is 4.39 Å². The van der Waals surface area contributed by atoms with Gasteiger partial charge in [-0.2, -0.15) is 0 Å². The van der Waals surface area contributed by atoms with Crippen LogP contribution in [0, 0.1) is 5.82 Å². The summed E-state index contributed by atoms with van der Waals surface area (Å²) in [5.74, 6) is -0.179. The van der Waals surface area contributed by atoms with E-state index in [1.54, 1.807) is 23.5 Å². The number of benzene rings is 1. The van der Waals surface area contributed by atoms with Crippen LogP contribution >= 0.6 is 22.9 Å². The molecule has 100 valence electrons. The van der Waals surface area contributed by atoms with Crippen molar-refractivity contribution in [1.82, 2.24) is 5.32 Å². The Labute approximate surface area is 121 Å². The molecule has 1 unspecified atom stereocenters. The molecular formula is C15H15ClFNS. The molecule has 0 bridgehead atoms. The summed E-state index contributed by atoms with van der Waals surface area (Å²) in [4.78, 5) is 1.40. The number of hydrogen-bond donors (Lipinski definition) is 1. The van der Waals surface area contributed by atoms with Gasteiger partial charge < -0.3 is 5.32 Å². The van der Waals surface area contributed by atoms with Crippen LogP contribution in [0.2, 0.25) is 4.34 Å². The molecule has 0 saturated heterocycles. The predicted octanol–water partition coefficient (Wildman–Crippen LogP) is 4.71. The Hall–Kier alpha value is -0.900. The predicted molar refractivity (Wildman–Crippen MR) is 78.2 cm³/mol. The molecule has 1 N–H and O–H groups in total. The Morgan fingerprint density at radius 3 is 3.11 bits per heavy atom. The smallest absolute Gasteiger partial charge is 0.123 e. The molecule has 1 aliphatic rings. The van der Waals surface area contributed by atoms with Crippen LogP contribution in [0.3, 0.4) is 0 Å². The highest BCUT2D eigenvalue weighted by Gasteiger charge is 2.22. The molecule has 1 aromatic heterocycles. The Morgan fingerprint density at radius 2 is 2.26 bits per heavy atom. The molecule has 1 heterocycles. The molecule has 4 heteroatoms. The number of fused-ring (bicyclic) bond motifs is 1. The van der Waals surface area contributed by atoms with E-state index >= 15 is 0 Å². The van der Waals surface area contributed by atoms with Gasteiger partial charge in [0.2, 0.25) is 0 Å². The van der Waals surface area contributed by atoms with Crippen LogP contribution < -0.4 is 5.32 Å². The summed E-state index contributed by atoms with van der Waals surface area (Å²) in [7, 11) is 0. The minimum atomic E-state index is -0.179. The minimum Gasteiger partial charge on any atom is -0.306 e. The molecule has 0 radical (unpaired) electrons. The number of thiophene rings is 1. The normalized spacial score (nSPS) is 18.3. The first-order chi connectivity index (χ1) is 9.22. The number of hydrogen-bond acceptors (Lipinski definition) is 2. The quantitative estimate of drug-likeness (QED) is 0.865. The van der Waals surface area contributed by atoms with Gasteiger partial charge in [-0.1, -0.05) is 23.7 Å². The van der Waals surface area contributed by atoms with Crippen molar-refractivity contribution < 1.29 is 4.39 Å². The van der Waals surface area contributed by atoms with Crippen molar-refractivity contribution in [2.24, 2.45) is 0 Å². The molecule has 0 fully saturated rings. The van der Waals surface area contributed by atoms with Crippen LogP contribution in [-0.2, 0) is 13.0 Å². The van der Waals surface area contributed by atoms with Crippen molar-refractivity contribution >= 4 is 22.9 Å². The lowest BCUT2D eigenvalue weighted by molar-refractivity contribution is 0.462. The third kappa shape index (κ3) is 2.99. The molecule has 19 heavy (non-hydrogen) atoms. The van der Waals surface area contributed by atoms with Crippen molar-refractivity contribution in [2.75, 3.05) is 0 Å². The SMILES string of the molecule is Fc1cccc(CNC2CCCc3sc(Cl)cc32)c1. The Bertz CT molecular complexity index is 581. The van der Waals surface area contributed by atoms with E-state index in [1.165, 1.54) is 22.9 Å². The van der Waals surface area contributed by atoms with Crippen molar-refractivity contribution in [1.29, 1.82) is 0 Å². The second kappa shape index (κ2) is 5.61. The van der Waals surface area contributed by atoms with Crippen LogP contribution in [0.1, 0.15) is 34.9 Å². The average Bonchev–Trinajstić information content (AvgIpc) is 2.77. The third-order valence-corrected chi connectivity index (χ3v) is 4.86. The molecule has 2 aromatic rings. The molecule has 3 rings (SSSR count). The van der Waals surface area contributed by atoms with E-state index in [0.717, 1.165) is 22.7 Å². The van der Waals surface area contributed by atoms with Crippen LogP contribution in [0.25, 0.3) is 0 Å². The standard InChI is InChI=1S/C15H15ClFNS/c16-15-8-12-13(5-2-6-14(12)19-15)18-9-10-3-1-4-11(17)7-10/h1,3-4,7-8,13,18H,2,5-6,9H2.